The lowest BCUT2D eigenvalue weighted by molar-refractivity contribution is -0.137. The van der Waals surface area contributed by atoms with E-state index < -0.39 is 47.3 Å². The zero-order valence-corrected chi connectivity index (χ0v) is 19.3. The first-order valence-electron chi connectivity index (χ1n) is 11.4. The molecular formula is C27H23F5N2O2. The van der Waals surface area contributed by atoms with E-state index in [2.05, 4.69) is 0 Å². The summed E-state index contributed by atoms with van der Waals surface area (Å²) in [4.78, 5) is 29.2. The molecule has 9 heteroatoms. The molecule has 3 aromatic carbocycles. The Morgan fingerprint density at radius 2 is 1.53 bits per heavy atom. The fourth-order valence-corrected chi connectivity index (χ4v) is 4.65. The van der Waals surface area contributed by atoms with E-state index in [0.717, 1.165) is 42.2 Å². The van der Waals surface area contributed by atoms with Crippen LogP contribution in [0.5, 0.6) is 0 Å². The van der Waals surface area contributed by atoms with E-state index in [-0.39, 0.29) is 17.8 Å². The number of hydrogen-bond acceptors (Lipinski definition) is 2. The Kier molecular flexibility index (Phi) is 7.10. The fraction of sp³-hybridized carbons (Fsp3) is 0.259. The molecule has 0 aromatic heterocycles. The molecule has 1 heterocycles. The molecule has 188 valence electrons. The van der Waals surface area contributed by atoms with Crippen LogP contribution in [0.2, 0.25) is 0 Å². The highest BCUT2D eigenvalue weighted by Gasteiger charge is 2.41. The number of nitrogens with zero attached hydrogens (tertiary/aromatic N) is 2. The molecule has 0 spiro atoms. The molecule has 2 amide bonds. The number of rotatable bonds is 5. The summed E-state index contributed by atoms with van der Waals surface area (Å²) in [6.45, 7) is 1.40. The third-order valence-electron chi connectivity index (χ3n) is 6.30. The van der Waals surface area contributed by atoms with Crippen molar-refractivity contribution >= 4 is 17.5 Å². The van der Waals surface area contributed by atoms with Gasteiger partial charge in [0.15, 0.2) is 0 Å². The summed E-state index contributed by atoms with van der Waals surface area (Å²) in [6.07, 6.45) is -3.58. The van der Waals surface area contributed by atoms with Crippen molar-refractivity contribution < 1.29 is 31.5 Å². The normalized spacial score (nSPS) is 16.6. The number of halogens is 5. The third-order valence-corrected chi connectivity index (χ3v) is 6.30. The summed E-state index contributed by atoms with van der Waals surface area (Å²) in [6, 6.07) is 13.1. The van der Waals surface area contributed by atoms with Crippen molar-refractivity contribution in [3.8, 4) is 0 Å². The lowest BCUT2D eigenvalue weighted by Crippen LogP contribution is -2.45. The molecule has 0 unspecified atom stereocenters. The van der Waals surface area contributed by atoms with Gasteiger partial charge >= 0.3 is 6.18 Å². The summed E-state index contributed by atoms with van der Waals surface area (Å²) in [5.74, 6) is -2.59. The van der Waals surface area contributed by atoms with E-state index in [1.807, 2.05) is 0 Å². The topological polar surface area (TPSA) is 40.6 Å². The van der Waals surface area contributed by atoms with Crippen molar-refractivity contribution in [3.05, 3.63) is 101 Å². The Morgan fingerprint density at radius 3 is 2.11 bits per heavy atom. The lowest BCUT2D eigenvalue weighted by atomic mass is 9.98. The smallest absolute Gasteiger partial charge is 0.333 e. The van der Waals surface area contributed by atoms with Crippen LogP contribution in [0.1, 0.15) is 48.5 Å². The average molecular weight is 502 g/mol. The van der Waals surface area contributed by atoms with Crippen molar-refractivity contribution in [1.29, 1.82) is 0 Å². The molecule has 2 atom stereocenters. The van der Waals surface area contributed by atoms with Gasteiger partial charge in [-0.15, -0.1) is 0 Å². The maximum Gasteiger partial charge on any atom is 0.416 e. The molecule has 4 nitrogen and oxygen atoms in total. The summed E-state index contributed by atoms with van der Waals surface area (Å²) < 4.78 is 69.0. The lowest BCUT2D eigenvalue weighted by Gasteiger charge is -2.35. The maximum atomic E-state index is 14.8. The van der Waals surface area contributed by atoms with E-state index in [4.69, 9.17) is 0 Å². The van der Waals surface area contributed by atoms with Crippen LogP contribution >= 0.6 is 0 Å². The Morgan fingerprint density at radius 1 is 0.917 bits per heavy atom. The fourth-order valence-electron chi connectivity index (χ4n) is 4.65. The minimum Gasteiger partial charge on any atom is -0.333 e. The average Bonchev–Trinajstić information content (AvgIpc) is 3.32. The third kappa shape index (κ3) is 4.96. The highest BCUT2D eigenvalue weighted by Crippen LogP contribution is 2.39. The molecule has 0 aliphatic carbocycles. The van der Waals surface area contributed by atoms with Crippen LogP contribution in [0.4, 0.5) is 27.6 Å². The van der Waals surface area contributed by atoms with Gasteiger partial charge in [-0.05, 0) is 48.7 Å². The molecule has 1 saturated heterocycles. The predicted octanol–water partition coefficient (Wildman–Crippen LogP) is 6.44. The van der Waals surface area contributed by atoms with Crippen LogP contribution < -0.4 is 4.90 Å². The predicted molar refractivity (Wildman–Crippen MR) is 124 cm³/mol. The van der Waals surface area contributed by atoms with E-state index in [9.17, 15) is 31.5 Å². The summed E-state index contributed by atoms with van der Waals surface area (Å²) in [5, 5.41) is 0. The molecule has 4 rings (SSSR count). The van der Waals surface area contributed by atoms with Crippen LogP contribution in [-0.4, -0.2) is 23.3 Å². The van der Waals surface area contributed by atoms with Gasteiger partial charge in [0.2, 0.25) is 5.91 Å². The first kappa shape index (κ1) is 25.3. The summed E-state index contributed by atoms with van der Waals surface area (Å²) >= 11 is 0. The first-order chi connectivity index (χ1) is 17.1. The van der Waals surface area contributed by atoms with Crippen molar-refractivity contribution in [1.82, 2.24) is 4.90 Å². The van der Waals surface area contributed by atoms with Crippen molar-refractivity contribution in [2.75, 3.05) is 11.4 Å². The number of benzene rings is 3. The van der Waals surface area contributed by atoms with E-state index >= 15 is 0 Å². The number of para-hydroxylation sites is 1. The second-order valence-electron chi connectivity index (χ2n) is 8.57. The Balaban J connectivity index is 1.83. The Labute approximate surface area is 204 Å². The zero-order chi connectivity index (χ0) is 26.0. The summed E-state index contributed by atoms with van der Waals surface area (Å²) in [7, 11) is 0. The SMILES string of the molecule is CC(=O)N(c1ccccc1F)[C@H](C(=O)N1CCC[C@H]1c1ccccc1F)c1ccc(C(F)(F)F)cc1. The molecule has 0 N–H and O–H groups in total. The van der Waals surface area contributed by atoms with Gasteiger partial charge in [-0.25, -0.2) is 8.78 Å². The van der Waals surface area contributed by atoms with Gasteiger partial charge < -0.3 is 4.90 Å². The van der Waals surface area contributed by atoms with Gasteiger partial charge in [0, 0.05) is 19.0 Å². The van der Waals surface area contributed by atoms with E-state index in [1.54, 1.807) is 12.1 Å². The number of hydrogen-bond donors (Lipinski definition) is 0. The number of carbonyl (C=O) groups is 2. The molecule has 1 fully saturated rings. The Bertz CT molecular complexity index is 1260. The van der Waals surface area contributed by atoms with Crippen molar-refractivity contribution in [2.24, 2.45) is 0 Å². The van der Waals surface area contributed by atoms with Gasteiger partial charge in [0.25, 0.3) is 5.91 Å². The minimum atomic E-state index is -4.60. The van der Waals surface area contributed by atoms with Crippen molar-refractivity contribution in [2.45, 2.75) is 38.0 Å². The first-order valence-corrected chi connectivity index (χ1v) is 11.4. The number of likely N-dealkylation sites (tertiary alicyclic amines) is 1. The highest BCUT2D eigenvalue weighted by molar-refractivity contribution is 6.00. The maximum absolute atomic E-state index is 14.8. The van der Waals surface area contributed by atoms with Crippen LogP contribution in [0.15, 0.2) is 72.8 Å². The van der Waals surface area contributed by atoms with E-state index in [0.29, 0.717) is 18.4 Å². The largest absolute Gasteiger partial charge is 0.416 e. The van der Waals surface area contributed by atoms with Crippen LogP contribution in [0.3, 0.4) is 0 Å². The number of anilines is 1. The molecule has 0 bridgehead atoms. The van der Waals surface area contributed by atoms with Gasteiger partial charge in [-0.3, -0.25) is 14.5 Å². The Hall–Kier alpha value is -3.75. The van der Waals surface area contributed by atoms with Crippen LogP contribution in [-0.2, 0) is 15.8 Å². The quantitative estimate of drug-likeness (QED) is 0.377. The highest BCUT2D eigenvalue weighted by atomic mass is 19.4. The molecule has 1 aliphatic rings. The minimum absolute atomic E-state index is 0.0747. The number of amides is 2. The number of carbonyl (C=O) groups excluding carboxylic acids is 2. The van der Waals surface area contributed by atoms with Crippen LogP contribution in [0.25, 0.3) is 0 Å². The standard InChI is InChI=1S/C27H23F5N2O2/c1-17(35)34(24-10-5-4-9-22(24)29)25(18-12-14-19(15-13-18)27(30,31)32)26(36)33-16-6-11-23(33)20-7-2-3-8-21(20)28/h2-5,7-10,12-15,23,25H,6,11,16H2,1H3/t23-,25-/m0/s1. The zero-order valence-electron chi connectivity index (χ0n) is 19.3. The molecule has 0 radical (unpaired) electrons. The molecular weight excluding hydrogens is 479 g/mol. The van der Waals surface area contributed by atoms with Gasteiger partial charge in [-0.2, -0.15) is 13.2 Å². The van der Waals surface area contributed by atoms with Gasteiger partial charge in [0.1, 0.15) is 17.7 Å². The van der Waals surface area contributed by atoms with Gasteiger partial charge in [0.05, 0.1) is 17.3 Å². The van der Waals surface area contributed by atoms with Crippen LogP contribution in [0, 0.1) is 11.6 Å². The summed E-state index contributed by atoms with van der Waals surface area (Å²) in [5.41, 5.74) is -0.742. The number of alkyl halides is 3. The second kappa shape index (κ2) is 10.1. The van der Waals surface area contributed by atoms with E-state index in [1.165, 1.54) is 35.2 Å². The molecule has 1 aliphatic heterocycles. The van der Waals surface area contributed by atoms with Gasteiger partial charge in [-0.1, -0.05) is 42.5 Å². The molecule has 3 aromatic rings. The molecule has 0 saturated carbocycles. The molecule has 36 heavy (non-hydrogen) atoms. The second-order valence-corrected chi connectivity index (χ2v) is 8.57. The monoisotopic (exact) mass is 502 g/mol. The van der Waals surface area contributed by atoms with Crippen molar-refractivity contribution in [3.63, 3.8) is 0 Å².